The Hall–Kier alpha value is -1.42. The van der Waals surface area contributed by atoms with Crippen LogP contribution in [-0.2, 0) is 9.53 Å². The van der Waals surface area contributed by atoms with E-state index in [1.807, 2.05) is 26.2 Å². The molecule has 1 atom stereocenters. The lowest BCUT2D eigenvalue weighted by Gasteiger charge is -2.21. The molecule has 0 saturated heterocycles. The van der Waals surface area contributed by atoms with Crippen LogP contribution >= 0.6 is 0 Å². The number of pyridine rings is 1. The van der Waals surface area contributed by atoms with Crippen molar-refractivity contribution >= 4 is 5.97 Å². The first-order valence-corrected chi connectivity index (χ1v) is 4.31. The van der Waals surface area contributed by atoms with Crippen molar-refractivity contribution in [1.29, 1.82) is 0 Å². The van der Waals surface area contributed by atoms with Gasteiger partial charge in [0, 0.05) is 12.4 Å². The van der Waals surface area contributed by atoms with Gasteiger partial charge in [0.25, 0.3) is 0 Å². The molecule has 0 radical (unpaired) electrons. The van der Waals surface area contributed by atoms with Gasteiger partial charge in [0.15, 0.2) is 0 Å². The molecule has 1 aromatic heterocycles. The van der Waals surface area contributed by atoms with Gasteiger partial charge in [-0.3, -0.25) is 9.88 Å². The van der Waals surface area contributed by atoms with E-state index in [1.54, 1.807) is 17.3 Å². The second-order valence-electron chi connectivity index (χ2n) is 3.17. The highest BCUT2D eigenvalue weighted by Crippen LogP contribution is 2.18. The summed E-state index contributed by atoms with van der Waals surface area (Å²) < 4.78 is 4.73. The molecule has 0 N–H and O–H groups in total. The van der Waals surface area contributed by atoms with Gasteiger partial charge in [0.1, 0.15) is 6.04 Å². The third-order valence-corrected chi connectivity index (χ3v) is 1.96. The van der Waals surface area contributed by atoms with Gasteiger partial charge >= 0.3 is 5.97 Å². The number of ether oxygens (including phenoxy) is 1. The number of rotatable bonds is 3. The largest absolute Gasteiger partial charge is 0.468 e. The highest BCUT2D eigenvalue weighted by atomic mass is 16.5. The van der Waals surface area contributed by atoms with Gasteiger partial charge in [-0.25, -0.2) is 4.79 Å². The van der Waals surface area contributed by atoms with Crippen LogP contribution in [0, 0.1) is 0 Å². The summed E-state index contributed by atoms with van der Waals surface area (Å²) >= 11 is 0. The van der Waals surface area contributed by atoms with E-state index < -0.39 is 0 Å². The number of carbonyl (C=O) groups excluding carboxylic acids is 1. The summed E-state index contributed by atoms with van der Waals surface area (Å²) in [5, 5.41) is 0. The Morgan fingerprint density at radius 2 is 2.00 bits per heavy atom. The van der Waals surface area contributed by atoms with Crippen molar-refractivity contribution in [2.45, 2.75) is 6.04 Å². The van der Waals surface area contributed by atoms with Crippen LogP contribution in [-0.4, -0.2) is 37.1 Å². The lowest BCUT2D eigenvalue weighted by molar-refractivity contribution is -0.146. The summed E-state index contributed by atoms with van der Waals surface area (Å²) in [5.41, 5.74) is 0.886. The maximum Gasteiger partial charge on any atom is 0.327 e. The second-order valence-corrected chi connectivity index (χ2v) is 3.17. The van der Waals surface area contributed by atoms with E-state index in [2.05, 4.69) is 4.98 Å². The van der Waals surface area contributed by atoms with Crippen LogP contribution < -0.4 is 0 Å². The molecule has 0 spiro atoms. The van der Waals surface area contributed by atoms with E-state index in [-0.39, 0.29) is 12.0 Å². The number of aromatic nitrogens is 1. The van der Waals surface area contributed by atoms with Crippen molar-refractivity contribution < 1.29 is 9.53 Å². The molecular weight excluding hydrogens is 180 g/mol. The van der Waals surface area contributed by atoms with Crippen molar-refractivity contribution in [3.63, 3.8) is 0 Å². The molecule has 0 amide bonds. The van der Waals surface area contributed by atoms with E-state index in [1.165, 1.54) is 7.11 Å². The number of likely N-dealkylation sites (N-methyl/N-ethyl adjacent to an activating group) is 1. The Labute approximate surface area is 83.5 Å². The summed E-state index contributed by atoms with van der Waals surface area (Å²) in [6, 6.07) is 3.26. The number of methoxy groups -OCH3 is 1. The molecule has 0 aliphatic heterocycles. The lowest BCUT2D eigenvalue weighted by Crippen LogP contribution is -2.28. The first kappa shape index (κ1) is 10.7. The Morgan fingerprint density at radius 1 is 1.43 bits per heavy atom. The van der Waals surface area contributed by atoms with Gasteiger partial charge in [0.2, 0.25) is 0 Å². The lowest BCUT2D eigenvalue weighted by atomic mass is 10.1. The summed E-state index contributed by atoms with van der Waals surface area (Å²) in [5.74, 6) is -0.263. The fraction of sp³-hybridized carbons (Fsp3) is 0.400. The Kier molecular flexibility index (Phi) is 3.59. The maximum absolute atomic E-state index is 11.5. The third-order valence-electron chi connectivity index (χ3n) is 1.96. The van der Waals surface area contributed by atoms with E-state index >= 15 is 0 Å². The summed E-state index contributed by atoms with van der Waals surface area (Å²) in [7, 11) is 5.06. The molecule has 0 saturated carbocycles. The molecule has 0 bridgehead atoms. The van der Waals surface area contributed by atoms with E-state index in [0.717, 1.165) is 5.56 Å². The van der Waals surface area contributed by atoms with Gasteiger partial charge in [0.05, 0.1) is 7.11 Å². The quantitative estimate of drug-likeness (QED) is 0.669. The topological polar surface area (TPSA) is 42.4 Å². The molecular formula is C10H14N2O2. The summed E-state index contributed by atoms with van der Waals surface area (Å²) in [6.07, 6.45) is 3.32. The zero-order valence-corrected chi connectivity index (χ0v) is 8.60. The predicted octanol–water partition coefficient (Wildman–Crippen LogP) is 0.857. The molecule has 1 unspecified atom stereocenters. The highest BCUT2D eigenvalue weighted by molar-refractivity contribution is 5.77. The van der Waals surface area contributed by atoms with Crippen LogP contribution in [0.3, 0.4) is 0 Å². The highest BCUT2D eigenvalue weighted by Gasteiger charge is 2.23. The van der Waals surface area contributed by atoms with Crippen LogP contribution in [0.5, 0.6) is 0 Å². The Morgan fingerprint density at radius 3 is 2.43 bits per heavy atom. The number of carbonyl (C=O) groups is 1. The number of nitrogens with zero attached hydrogens (tertiary/aromatic N) is 2. The standard InChI is InChI=1S/C10H14N2O2/c1-12(2)9(10(13)14-3)8-4-6-11-7-5-8/h4-7,9H,1-3H3. The first-order valence-electron chi connectivity index (χ1n) is 4.31. The molecule has 0 aromatic carbocycles. The predicted molar refractivity (Wildman–Crippen MR) is 52.7 cm³/mol. The minimum absolute atomic E-state index is 0.263. The second kappa shape index (κ2) is 4.72. The van der Waals surface area contributed by atoms with E-state index in [4.69, 9.17) is 4.74 Å². The maximum atomic E-state index is 11.5. The zero-order chi connectivity index (χ0) is 10.6. The van der Waals surface area contributed by atoms with Crippen molar-refractivity contribution in [2.75, 3.05) is 21.2 Å². The first-order chi connectivity index (χ1) is 6.66. The molecule has 4 heteroatoms. The van der Waals surface area contributed by atoms with Gasteiger partial charge in [-0.05, 0) is 31.8 Å². The van der Waals surface area contributed by atoms with Crippen LogP contribution in [0.2, 0.25) is 0 Å². The van der Waals surface area contributed by atoms with Gasteiger partial charge < -0.3 is 4.74 Å². The van der Waals surface area contributed by atoms with Crippen LogP contribution in [0.1, 0.15) is 11.6 Å². The molecule has 14 heavy (non-hydrogen) atoms. The zero-order valence-electron chi connectivity index (χ0n) is 8.60. The molecule has 1 rings (SSSR count). The average molecular weight is 194 g/mol. The average Bonchev–Trinajstić information content (AvgIpc) is 2.19. The fourth-order valence-corrected chi connectivity index (χ4v) is 1.30. The molecule has 1 aromatic rings. The van der Waals surface area contributed by atoms with Crippen molar-refractivity contribution in [1.82, 2.24) is 9.88 Å². The van der Waals surface area contributed by atoms with Crippen LogP contribution in [0.4, 0.5) is 0 Å². The summed E-state index contributed by atoms with van der Waals surface area (Å²) in [6.45, 7) is 0. The van der Waals surface area contributed by atoms with Gasteiger partial charge in [-0.15, -0.1) is 0 Å². The molecule has 0 aliphatic carbocycles. The minimum Gasteiger partial charge on any atom is -0.468 e. The van der Waals surface area contributed by atoms with Crippen molar-refractivity contribution in [3.05, 3.63) is 30.1 Å². The van der Waals surface area contributed by atoms with E-state index in [0.29, 0.717) is 0 Å². The molecule has 4 nitrogen and oxygen atoms in total. The minimum atomic E-state index is -0.358. The van der Waals surface area contributed by atoms with Gasteiger partial charge in [-0.2, -0.15) is 0 Å². The van der Waals surface area contributed by atoms with E-state index in [9.17, 15) is 4.79 Å². The normalized spacial score (nSPS) is 12.6. The smallest absolute Gasteiger partial charge is 0.327 e. The fourth-order valence-electron chi connectivity index (χ4n) is 1.30. The van der Waals surface area contributed by atoms with Gasteiger partial charge in [-0.1, -0.05) is 0 Å². The SMILES string of the molecule is COC(=O)C(c1ccncc1)N(C)C. The number of esters is 1. The van der Waals surface area contributed by atoms with Crippen molar-refractivity contribution in [2.24, 2.45) is 0 Å². The summed E-state index contributed by atoms with van der Waals surface area (Å²) in [4.78, 5) is 17.2. The van der Waals surface area contributed by atoms with Crippen LogP contribution in [0.25, 0.3) is 0 Å². The number of hydrogen-bond acceptors (Lipinski definition) is 4. The van der Waals surface area contributed by atoms with Crippen LogP contribution in [0.15, 0.2) is 24.5 Å². The molecule has 0 aliphatic rings. The monoisotopic (exact) mass is 194 g/mol. The third kappa shape index (κ3) is 2.29. The molecule has 76 valence electrons. The van der Waals surface area contributed by atoms with Crippen molar-refractivity contribution in [3.8, 4) is 0 Å². The molecule has 0 fully saturated rings. The number of hydrogen-bond donors (Lipinski definition) is 0. The Bertz CT molecular complexity index is 298. The Balaban J connectivity index is 2.95. The molecule has 1 heterocycles.